The highest BCUT2D eigenvalue weighted by Crippen LogP contribution is 2.14. The molecule has 0 saturated heterocycles. The van der Waals surface area contributed by atoms with Crippen LogP contribution < -0.4 is 10.1 Å². The maximum atomic E-state index is 12.1. The molecule has 128 valence electrons. The maximum absolute atomic E-state index is 12.1. The van der Waals surface area contributed by atoms with Gasteiger partial charge in [0.25, 0.3) is 5.91 Å². The van der Waals surface area contributed by atoms with Crippen LogP contribution in [0.3, 0.4) is 0 Å². The lowest BCUT2D eigenvalue weighted by Crippen LogP contribution is -2.37. The van der Waals surface area contributed by atoms with E-state index in [0.29, 0.717) is 6.54 Å². The monoisotopic (exact) mass is 343 g/mol. The fourth-order valence-corrected chi connectivity index (χ4v) is 3.03. The second-order valence-corrected chi connectivity index (χ2v) is 7.01. The Balaban J connectivity index is 1.64. The maximum Gasteiger partial charge on any atom is 0.260 e. The topological polar surface area (TPSA) is 38.3 Å². The Hall–Kier alpha value is -1.94. The van der Waals surface area contributed by atoms with Crippen molar-refractivity contribution in [3.8, 4) is 5.75 Å². The molecule has 0 heterocycles. The normalized spacial score (nSPS) is 11.8. The lowest BCUT2D eigenvalue weighted by Gasteiger charge is -2.15. The second kappa shape index (κ2) is 9.38. The smallest absolute Gasteiger partial charge is 0.260 e. The van der Waals surface area contributed by atoms with E-state index >= 15 is 0 Å². The molecule has 1 N–H and O–H groups in total. The molecular formula is C20H25NO2S. The first-order valence-electron chi connectivity index (χ1n) is 8.19. The van der Waals surface area contributed by atoms with Gasteiger partial charge in [-0.25, -0.2) is 0 Å². The number of ether oxygens (including phenoxy) is 1. The lowest BCUT2D eigenvalue weighted by molar-refractivity contribution is -0.127. The molecule has 0 aliphatic carbocycles. The van der Waals surface area contributed by atoms with Gasteiger partial charge in [-0.3, -0.25) is 4.79 Å². The molecule has 0 bridgehead atoms. The third kappa shape index (κ3) is 6.28. The van der Waals surface area contributed by atoms with E-state index in [1.54, 1.807) is 6.92 Å². The third-order valence-electron chi connectivity index (χ3n) is 3.61. The Kier molecular flexibility index (Phi) is 7.19. The van der Waals surface area contributed by atoms with Crippen molar-refractivity contribution in [3.05, 3.63) is 65.2 Å². The first-order valence-corrected chi connectivity index (χ1v) is 9.34. The van der Waals surface area contributed by atoms with Crippen LogP contribution in [0.15, 0.2) is 48.5 Å². The van der Waals surface area contributed by atoms with Gasteiger partial charge in [-0.2, -0.15) is 11.8 Å². The highest BCUT2D eigenvalue weighted by atomic mass is 32.2. The largest absolute Gasteiger partial charge is 0.481 e. The molecule has 0 aliphatic rings. The van der Waals surface area contributed by atoms with Crippen molar-refractivity contribution in [2.45, 2.75) is 32.6 Å². The molecular weight excluding hydrogens is 318 g/mol. The molecule has 0 aliphatic heterocycles. The van der Waals surface area contributed by atoms with Crippen molar-refractivity contribution in [2.24, 2.45) is 0 Å². The minimum atomic E-state index is -0.492. The first kappa shape index (κ1) is 18.4. The van der Waals surface area contributed by atoms with Gasteiger partial charge in [-0.05, 0) is 44.0 Å². The van der Waals surface area contributed by atoms with Crippen molar-refractivity contribution < 1.29 is 9.53 Å². The molecule has 4 heteroatoms. The molecule has 0 saturated carbocycles. The molecule has 0 radical (unpaired) electrons. The zero-order valence-corrected chi connectivity index (χ0v) is 15.4. The molecule has 24 heavy (non-hydrogen) atoms. The summed E-state index contributed by atoms with van der Waals surface area (Å²) in [7, 11) is 0. The SMILES string of the molecule is Cc1ccc(CSCCNC(=O)[C@@H](C)Oc2cccc(C)c2)cc1. The summed E-state index contributed by atoms with van der Waals surface area (Å²) in [6, 6.07) is 16.3. The number of rotatable bonds is 8. The van der Waals surface area contributed by atoms with Crippen LogP contribution in [0.2, 0.25) is 0 Å². The summed E-state index contributed by atoms with van der Waals surface area (Å²) in [5, 5.41) is 2.93. The summed E-state index contributed by atoms with van der Waals surface area (Å²) in [4.78, 5) is 12.1. The van der Waals surface area contributed by atoms with Gasteiger partial charge in [0.05, 0.1) is 0 Å². The highest BCUT2D eigenvalue weighted by molar-refractivity contribution is 7.98. The van der Waals surface area contributed by atoms with Crippen molar-refractivity contribution in [1.82, 2.24) is 5.32 Å². The number of thioether (sulfide) groups is 1. The summed E-state index contributed by atoms with van der Waals surface area (Å²) < 4.78 is 5.68. The van der Waals surface area contributed by atoms with Crippen LogP contribution in [0.1, 0.15) is 23.6 Å². The standard InChI is InChI=1S/C20H25NO2S/c1-15-7-9-18(10-8-15)14-24-12-11-21-20(22)17(3)23-19-6-4-5-16(2)13-19/h4-10,13,17H,11-12,14H2,1-3H3,(H,21,22)/t17-/m1/s1. The molecule has 2 aromatic carbocycles. The van der Waals surface area contributed by atoms with Crippen LogP contribution in [-0.4, -0.2) is 24.3 Å². The van der Waals surface area contributed by atoms with E-state index in [1.165, 1.54) is 11.1 Å². The predicted octanol–water partition coefficient (Wildman–Crippen LogP) is 4.12. The Morgan fingerprint density at radius 3 is 2.58 bits per heavy atom. The average Bonchev–Trinajstić information content (AvgIpc) is 2.56. The number of carbonyl (C=O) groups is 1. The highest BCUT2D eigenvalue weighted by Gasteiger charge is 2.13. The average molecular weight is 343 g/mol. The van der Waals surface area contributed by atoms with E-state index in [0.717, 1.165) is 22.8 Å². The second-order valence-electron chi connectivity index (χ2n) is 5.91. The van der Waals surface area contributed by atoms with Crippen molar-refractivity contribution >= 4 is 17.7 Å². The van der Waals surface area contributed by atoms with Gasteiger partial charge < -0.3 is 10.1 Å². The number of aryl methyl sites for hydroxylation is 2. The number of hydrogen-bond acceptors (Lipinski definition) is 3. The molecule has 0 spiro atoms. The van der Waals surface area contributed by atoms with Crippen molar-refractivity contribution in [3.63, 3.8) is 0 Å². The van der Waals surface area contributed by atoms with Gasteiger partial charge in [0.15, 0.2) is 6.10 Å². The zero-order valence-electron chi connectivity index (χ0n) is 14.5. The Labute approximate surface area is 148 Å². The van der Waals surface area contributed by atoms with E-state index in [1.807, 2.05) is 43.0 Å². The van der Waals surface area contributed by atoms with E-state index in [-0.39, 0.29) is 5.91 Å². The molecule has 1 atom stereocenters. The molecule has 0 unspecified atom stereocenters. The molecule has 3 nitrogen and oxygen atoms in total. The number of carbonyl (C=O) groups excluding carboxylic acids is 1. The quantitative estimate of drug-likeness (QED) is 0.733. The van der Waals surface area contributed by atoms with Crippen molar-refractivity contribution in [1.29, 1.82) is 0 Å². The summed E-state index contributed by atoms with van der Waals surface area (Å²) in [5.74, 6) is 2.50. The van der Waals surface area contributed by atoms with Crippen LogP contribution in [-0.2, 0) is 10.5 Å². The molecule has 0 fully saturated rings. The molecule has 1 amide bonds. The molecule has 2 rings (SSSR count). The number of amides is 1. The van der Waals surface area contributed by atoms with Crippen molar-refractivity contribution in [2.75, 3.05) is 12.3 Å². The fourth-order valence-electron chi connectivity index (χ4n) is 2.21. The van der Waals surface area contributed by atoms with E-state index < -0.39 is 6.10 Å². The minimum absolute atomic E-state index is 0.0764. The van der Waals surface area contributed by atoms with Gasteiger partial charge in [-0.1, -0.05) is 42.0 Å². The number of benzene rings is 2. The summed E-state index contributed by atoms with van der Waals surface area (Å²) in [5.41, 5.74) is 3.71. The fraction of sp³-hybridized carbons (Fsp3) is 0.350. The summed E-state index contributed by atoms with van der Waals surface area (Å²) in [6.45, 7) is 6.52. The Morgan fingerprint density at radius 2 is 1.88 bits per heavy atom. The number of nitrogens with one attached hydrogen (secondary N) is 1. The Morgan fingerprint density at radius 1 is 1.12 bits per heavy atom. The van der Waals surface area contributed by atoms with Crippen LogP contribution >= 0.6 is 11.8 Å². The minimum Gasteiger partial charge on any atom is -0.481 e. The van der Waals surface area contributed by atoms with Crippen LogP contribution in [0.25, 0.3) is 0 Å². The number of hydrogen-bond donors (Lipinski definition) is 1. The lowest BCUT2D eigenvalue weighted by atomic mass is 10.2. The van der Waals surface area contributed by atoms with E-state index in [2.05, 4.69) is 36.5 Å². The van der Waals surface area contributed by atoms with Gasteiger partial charge in [0.1, 0.15) is 5.75 Å². The van der Waals surface area contributed by atoms with Gasteiger partial charge >= 0.3 is 0 Å². The summed E-state index contributed by atoms with van der Waals surface area (Å²) in [6.07, 6.45) is -0.492. The van der Waals surface area contributed by atoms with Gasteiger partial charge in [-0.15, -0.1) is 0 Å². The van der Waals surface area contributed by atoms with Gasteiger partial charge in [0.2, 0.25) is 0 Å². The van der Waals surface area contributed by atoms with E-state index in [9.17, 15) is 4.79 Å². The van der Waals surface area contributed by atoms with Crippen LogP contribution in [0.4, 0.5) is 0 Å². The van der Waals surface area contributed by atoms with Crippen LogP contribution in [0, 0.1) is 13.8 Å². The summed E-state index contributed by atoms with van der Waals surface area (Å²) >= 11 is 1.82. The molecule has 0 aromatic heterocycles. The zero-order chi connectivity index (χ0) is 17.4. The van der Waals surface area contributed by atoms with Gasteiger partial charge in [0, 0.05) is 18.1 Å². The Bertz CT molecular complexity index is 655. The molecule has 2 aromatic rings. The first-order chi connectivity index (χ1) is 11.5. The third-order valence-corrected chi connectivity index (χ3v) is 4.64. The predicted molar refractivity (Wildman–Crippen MR) is 102 cm³/mol. The van der Waals surface area contributed by atoms with Crippen LogP contribution in [0.5, 0.6) is 5.75 Å². The van der Waals surface area contributed by atoms with E-state index in [4.69, 9.17) is 4.74 Å².